The molecule has 1 atom stereocenters. The summed E-state index contributed by atoms with van der Waals surface area (Å²) in [6.07, 6.45) is -0.577. The monoisotopic (exact) mass is 404 g/mol. The number of ether oxygens (including phenoxy) is 2. The van der Waals surface area contributed by atoms with Crippen molar-refractivity contribution in [3.8, 4) is 5.75 Å². The number of carbonyl (C=O) groups excluding carboxylic acids is 1. The third-order valence-corrected chi connectivity index (χ3v) is 5.39. The number of nitrogens with one attached hydrogen (secondary N) is 1. The zero-order valence-electron chi connectivity index (χ0n) is 17.3. The van der Waals surface area contributed by atoms with Gasteiger partial charge in [-0.15, -0.1) is 0 Å². The molecule has 0 bridgehead atoms. The zero-order valence-corrected chi connectivity index (χ0v) is 17.3. The average molecular weight is 405 g/mol. The first-order chi connectivity index (χ1) is 14.7. The Morgan fingerprint density at radius 3 is 2.63 bits per heavy atom. The molecule has 1 heterocycles. The van der Waals surface area contributed by atoms with Gasteiger partial charge in [-0.25, -0.2) is 0 Å². The van der Waals surface area contributed by atoms with Gasteiger partial charge in [0.2, 0.25) is 0 Å². The molecule has 0 spiro atoms. The minimum atomic E-state index is -0.577. The fraction of sp³-hybridized carbons (Fsp3) is 0.320. The van der Waals surface area contributed by atoms with E-state index in [1.807, 2.05) is 54.6 Å². The molecule has 1 N–H and O–H groups in total. The Morgan fingerprint density at radius 2 is 1.77 bits per heavy atom. The Bertz CT molecular complexity index is 993. The summed E-state index contributed by atoms with van der Waals surface area (Å²) in [6.45, 7) is 6.69. The average Bonchev–Trinajstić information content (AvgIpc) is 2.78. The molecule has 0 saturated carbocycles. The van der Waals surface area contributed by atoms with E-state index in [4.69, 9.17) is 9.47 Å². The molecule has 0 aromatic heterocycles. The number of nitrogens with zero attached hydrogens (tertiary/aromatic N) is 1. The first-order valence-electron chi connectivity index (χ1n) is 10.5. The third-order valence-electron chi connectivity index (χ3n) is 5.39. The zero-order chi connectivity index (χ0) is 20.8. The number of fused-ring (bicyclic) bond motifs is 1. The van der Waals surface area contributed by atoms with Crippen molar-refractivity contribution in [1.82, 2.24) is 10.2 Å². The maximum atomic E-state index is 12.6. The highest BCUT2D eigenvalue weighted by atomic mass is 16.5. The van der Waals surface area contributed by atoms with Gasteiger partial charge in [-0.05, 0) is 29.5 Å². The number of amides is 1. The molecule has 3 aromatic carbocycles. The van der Waals surface area contributed by atoms with Crippen molar-refractivity contribution < 1.29 is 14.3 Å². The van der Waals surface area contributed by atoms with Crippen molar-refractivity contribution in [3.63, 3.8) is 0 Å². The molecular weight excluding hydrogens is 376 g/mol. The lowest BCUT2D eigenvalue weighted by atomic mass is 10.1. The molecule has 156 valence electrons. The Morgan fingerprint density at radius 1 is 1.03 bits per heavy atom. The van der Waals surface area contributed by atoms with Crippen LogP contribution in [0.3, 0.4) is 0 Å². The fourth-order valence-electron chi connectivity index (χ4n) is 3.73. The van der Waals surface area contributed by atoms with Crippen molar-refractivity contribution in [2.75, 3.05) is 26.3 Å². The van der Waals surface area contributed by atoms with E-state index >= 15 is 0 Å². The molecule has 1 fully saturated rings. The van der Waals surface area contributed by atoms with Crippen LogP contribution in [-0.4, -0.2) is 43.2 Å². The summed E-state index contributed by atoms with van der Waals surface area (Å²) in [5.41, 5.74) is 2.34. The van der Waals surface area contributed by atoms with E-state index in [-0.39, 0.29) is 5.91 Å². The molecule has 3 aromatic rings. The van der Waals surface area contributed by atoms with E-state index in [0.717, 1.165) is 54.9 Å². The van der Waals surface area contributed by atoms with Crippen LogP contribution in [0.4, 0.5) is 0 Å². The van der Waals surface area contributed by atoms with Crippen LogP contribution in [0.2, 0.25) is 0 Å². The van der Waals surface area contributed by atoms with Crippen LogP contribution in [0.1, 0.15) is 18.1 Å². The molecule has 5 heteroatoms. The maximum absolute atomic E-state index is 12.6. The summed E-state index contributed by atoms with van der Waals surface area (Å²) in [7, 11) is 0. The largest absolute Gasteiger partial charge is 0.480 e. The number of rotatable bonds is 7. The van der Waals surface area contributed by atoms with Crippen molar-refractivity contribution in [2.24, 2.45) is 0 Å². The molecule has 1 saturated heterocycles. The first kappa shape index (κ1) is 20.4. The Kier molecular flexibility index (Phi) is 6.62. The van der Waals surface area contributed by atoms with E-state index in [9.17, 15) is 4.79 Å². The van der Waals surface area contributed by atoms with Crippen molar-refractivity contribution in [3.05, 3.63) is 77.9 Å². The van der Waals surface area contributed by atoms with Gasteiger partial charge < -0.3 is 14.8 Å². The van der Waals surface area contributed by atoms with Crippen molar-refractivity contribution in [1.29, 1.82) is 0 Å². The maximum Gasteiger partial charge on any atom is 0.261 e. The highest BCUT2D eigenvalue weighted by Gasteiger charge is 2.16. The van der Waals surface area contributed by atoms with Gasteiger partial charge in [0.05, 0.1) is 13.2 Å². The minimum absolute atomic E-state index is 0.124. The van der Waals surface area contributed by atoms with E-state index in [2.05, 4.69) is 22.3 Å². The summed E-state index contributed by atoms with van der Waals surface area (Å²) >= 11 is 0. The lowest BCUT2D eigenvalue weighted by Gasteiger charge is -2.26. The van der Waals surface area contributed by atoms with Crippen LogP contribution in [0.25, 0.3) is 10.8 Å². The van der Waals surface area contributed by atoms with Gasteiger partial charge in [0.15, 0.2) is 6.10 Å². The van der Waals surface area contributed by atoms with Gasteiger partial charge in [-0.3, -0.25) is 9.69 Å². The molecule has 0 aliphatic carbocycles. The molecule has 0 radical (unpaired) electrons. The second-order valence-electron chi connectivity index (χ2n) is 7.66. The second-order valence-corrected chi connectivity index (χ2v) is 7.66. The molecule has 1 aliphatic heterocycles. The number of hydrogen-bond donors (Lipinski definition) is 1. The van der Waals surface area contributed by atoms with Crippen LogP contribution >= 0.6 is 0 Å². The summed E-state index contributed by atoms with van der Waals surface area (Å²) in [5.74, 6) is 0.602. The lowest BCUT2D eigenvalue weighted by molar-refractivity contribution is -0.127. The van der Waals surface area contributed by atoms with E-state index in [1.54, 1.807) is 6.92 Å². The molecule has 1 unspecified atom stereocenters. The van der Waals surface area contributed by atoms with Crippen LogP contribution in [0.15, 0.2) is 66.7 Å². The topological polar surface area (TPSA) is 50.8 Å². The summed E-state index contributed by atoms with van der Waals surface area (Å²) in [6, 6.07) is 22.3. The molecule has 30 heavy (non-hydrogen) atoms. The summed E-state index contributed by atoms with van der Waals surface area (Å²) < 4.78 is 11.4. The number of benzene rings is 3. The number of hydrogen-bond acceptors (Lipinski definition) is 4. The molecule has 5 nitrogen and oxygen atoms in total. The Labute approximate surface area is 177 Å². The molecule has 1 amide bonds. The van der Waals surface area contributed by atoms with Gasteiger partial charge in [0.1, 0.15) is 5.75 Å². The fourth-order valence-corrected chi connectivity index (χ4v) is 3.73. The predicted molar refractivity (Wildman–Crippen MR) is 118 cm³/mol. The normalized spacial score (nSPS) is 15.6. The van der Waals surface area contributed by atoms with Crippen LogP contribution < -0.4 is 10.1 Å². The van der Waals surface area contributed by atoms with Gasteiger partial charge in [-0.1, -0.05) is 60.7 Å². The summed E-state index contributed by atoms with van der Waals surface area (Å²) in [5, 5.41) is 5.11. The SMILES string of the molecule is CC(Oc1cccc2ccccc12)C(=O)NCc1cccc(CN2CCOCC2)c1. The highest BCUT2D eigenvalue weighted by molar-refractivity contribution is 5.89. The third kappa shape index (κ3) is 5.17. The number of carbonyl (C=O) groups is 1. The van der Waals surface area contributed by atoms with Gasteiger partial charge in [0.25, 0.3) is 5.91 Å². The summed E-state index contributed by atoms with van der Waals surface area (Å²) in [4.78, 5) is 15.0. The first-order valence-corrected chi connectivity index (χ1v) is 10.5. The van der Waals surface area contributed by atoms with Gasteiger partial charge in [0, 0.05) is 31.6 Å². The van der Waals surface area contributed by atoms with E-state index < -0.39 is 6.10 Å². The molecular formula is C25H28N2O3. The van der Waals surface area contributed by atoms with Crippen molar-refractivity contribution >= 4 is 16.7 Å². The van der Waals surface area contributed by atoms with Crippen molar-refractivity contribution in [2.45, 2.75) is 26.1 Å². The molecule has 4 rings (SSSR count). The Balaban J connectivity index is 1.33. The van der Waals surface area contributed by atoms with Crippen LogP contribution in [0.5, 0.6) is 5.75 Å². The van der Waals surface area contributed by atoms with Crippen LogP contribution in [0, 0.1) is 0 Å². The van der Waals surface area contributed by atoms with Gasteiger partial charge in [-0.2, -0.15) is 0 Å². The molecule has 1 aliphatic rings. The van der Waals surface area contributed by atoms with Crippen LogP contribution in [-0.2, 0) is 22.6 Å². The standard InChI is InChI=1S/C25H28N2O3/c1-19(30-24-11-5-9-22-8-2-3-10-23(22)24)25(28)26-17-20-6-4-7-21(16-20)18-27-12-14-29-15-13-27/h2-11,16,19H,12-15,17-18H2,1H3,(H,26,28). The minimum Gasteiger partial charge on any atom is -0.480 e. The second kappa shape index (κ2) is 9.74. The smallest absolute Gasteiger partial charge is 0.261 e. The lowest BCUT2D eigenvalue weighted by Crippen LogP contribution is -2.36. The highest BCUT2D eigenvalue weighted by Crippen LogP contribution is 2.26. The Hall–Kier alpha value is -2.89. The van der Waals surface area contributed by atoms with E-state index in [0.29, 0.717) is 6.54 Å². The van der Waals surface area contributed by atoms with Gasteiger partial charge >= 0.3 is 0 Å². The predicted octanol–water partition coefficient (Wildman–Crippen LogP) is 3.76. The number of morpholine rings is 1. The van der Waals surface area contributed by atoms with E-state index in [1.165, 1.54) is 5.56 Å². The quantitative estimate of drug-likeness (QED) is 0.652.